The molecule has 0 spiro atoms. The molecule has 1 N–H and O–H groups in total. The summed E-state index contributed by atoms with van der Waals surface area (Å²) in [5.74, 6) is -0.285. The lowest BCUT2D eigenvalue weighted by Crippen LogP contribution is -2.33. The first-order valence-electron chi connectivity index (χ1n) is 6.35. The molecule has 0 aliphatic carbocycles. The SMILES string of the molecule is CC(C)(C)OC(=O)NCCCCOC(=O)C(C)(C)Br. The molecular weight excluding hydrogens is 314 g/mol. The predicted octanol–water partition coefficient (Wildman–Crippen LogP) is 3.01. The van der Waals surface area contributed by atoms with Crippen LogP contribution >= 0.6 is 15.9 Å². The smallest absolute Gasteiger partial charge is 0.407 e. The average molecular weight is 338 g/mol. The minimum atomic E-state index is -0.651. The Hall–Kier alpha value is -0.780. The number of hydrogen-bond acceptors (Lipinski definition) is 4. The summed E-state index contributed by atoms with van der Waals surface area (Å²) in [4.78, 5) is 22.7. The lowest BCUT2D eigenvalue weighted by Gasteiger charge is -2.19. The summed E-state index contributed by atoms with van der Waals surface area (Å²) in [7, 11) is 0. The van der Waals surface area contributed by atoms with Crippen molar-refractivity contribution >= 4 is 28.0 Å². The predicted molar refractivity (Wildman–Crippen MR) is 77.4 cm³/mol. The van der Waals surface area contributed by atoms with Gasteiger partial charge in [0.2, 0.25) is 0 Å². The van der Waals surface area contributed by atoms with Crippen molar-refractivity contribution in [1.29, 1.82) is 0 Å². The van der Waals surface area contributed by atoms with E-state index in [2.05, 4.69) is 21.2 Å². The summed E-state index contributed by atoms with van der Waals surface area (Å²) in [6.45, 7) is 9.77. The van der Waals surface area contributed by atoms with E-state index < -0.39 is 16.0 Å². The second kappa shape index (κ2) is 7.72. The first-order valence-corrected chi connectivity index (χ1v) is 7.14. The van der Waals surface area contributed by atoms with Gasteiger partial charge in [0.25, 0.3) is 0 Å². The standard InChI is InChI=1S/C13H24BrNO4/c1-12(2,3)19-11(17)15-8-6-7-9-18-10(16)13(4,5)14/h6-9H2,1-5H3,(H,15,17). The maximum atomic E-state index is 11.4. The molecule has 0 rings (SSSR count). The lowest BCUT2D eigenvalue weighted by molar-refractivity contribution is -0.145. The first kappa shape index (κ1) is 18.2. The van der Waals surface area contributed by atoms with Crippen LogP contribution in [0.1, 0.15) is 47.5 Å². The van der Waals surface area contributed by atoms with Crippen molar-refractivity contribution in [1.82, 2.24) is 5.32 Å². The van der Waals surface area contributed by atoms with E-state index in [1.165, 1.54) is 0 Å². The topological polar surface area (TPSA) is 64.6 Å². The van der Waals surface area contributed by atoms with E-state index >= 15 is 0 Å². The number of ether oxygens (including phenoxy) is 2. The molecule has 112 valence electrons. The first-order chi connectivity index (χ1) is 8.52. The number of nitrogens with one attached hydrogen (secondary N) is 1. The van der Waals surface area contributed by atoms with Gasteiger partial charge in [0.05, 0.1) is 6.61 Å². The molecule has 0 aromatic heterocycles. The Labute approximate surface area is 123 Å². The molecule has 5 nitrogen and oxygen atoms in total. The number of carbonyl (C=O) groups excluding carboxylic acids is 2. The van der Waals surface area contributed by atoms with Crippen molar-refractivity contribution in [2.24, 2.45) is 0 Å². The van der Waals surface area contributed by atoms with E-state index in [4.69, 9.17) is 9.47 Å². The molecule has 6 heteroatoms. The second-order valence-electron chi connectivity index (χ2n) is 5.74. The highest BCUT2D eigenvalue weighted by Crippen LogP contribution is 2.17. The fraction of sp³-hybridized carbons (Fsp3) is 0.846. The quantitative estimate of drug-likeness (QED) is 0.459. The molecule has 0 unspecified atom stereocenters. The lowest BCUT2D eigenvalue weighted by atomic mass is 10.2. The fourth-order valence-corrected chi connectivity index (χ4v) is 1.18. The second-order valence-corrected chi connectivity index (χ2v) is 7.73. The molecule has 19 heavy (non-hydrogen) atoms. The van der Waals surface area contributed by atoms with Gasteiger partial charge in [-0.1, -0.05) is 15.9 Å². The van der Waals surface area contributed by atoms with E-state index in [-0.39, 0.29) is 5.97 Å². The van der Waals surface area contributed by atoms with Crippen molar-refractivity contribution < 1.29 is 19.1 Å². The summed E-state index contributed by atoms with van der Waals surface area (Å²) in [6.07, 6.45) is 1.01. The van der Waals surface area contributed by atoms with Crippen LogP contribution in [0.4, 0.5) is 4.79 Å². The Balaban J connectivity index is 3.57. The van der Waals surface area contributed by atoms with Crippen LogP contribution in [0.3, 0.4) is 0 Å². The maximum Gasteiger partial charge on any atom is 0.407 e. The minimum absolute atomic E-state index is 0.285. The fourth-order valence-electron chi connectivity index (χ4n) is 1.07. The van der Waals surface area contributed by atoms with Crippen LogP contribution in [0.15, 0.2) is 0 Å². The Kier molecular flexibility index (Phi) is 7.41. The van der Waals surface area contributed by atoms with E-state index in [0.29, 0.717) is 19.6 Å². The summed E-state index contributed by atoms with van der Waals surface area (Å²) >= 11 is 3.23. The zero-order valence-corrected chi connectivity index (χ0v) is 13.9. The summed E-state index contributed by atoms with van der Waals surface area (Å²) in [6, 6.07) is 0. The van der Waals surface area contributed by atoms with Gasteiger partial charge in [0, 0.05) is 6.54 Å². The third-order valence-electron chi connectivity index (χ3n) is 1.96. The molecule has 0 radical (unpaired) electrons. The van der Waals surface area contributed by atoms with E-state index in [1.54, 1.807) is 13.8 Å². The van der Waals surface area contributed by atoms with E-state index in [0.717, 1.165) is 6.42 Å². The van der Waals surface area contributed by atoms with Gasteiger partial charge >= 0.3 is 12.1 Å². The van der Waals surface area contributed by atoms with Crippen LogP contribution in [-0.4, -0.2) is 35.1 Å². The molecule has 0 heterocycles. The zero-order valence-electron chi connectivity index (χ0n) is 12.3. The van der Waals surface area contributed by atoms with Gasteiger partial charge in [-0.2, -0.15) is 0 Å². The summed E-state index contributed by atoms with van der Waals surface area (Å²) in [5, 5.41) is 2.65. The third kappa shape index (κ3) is 10.8. The summed E-state index contributed by atoms with van der Waals surface area (Å²) < 4.78 is 9.50. The van der Waals surface area contributed by atoms with Gasteiger partial charge in [0.1, 0.15) is 9.93 Å². The van der Waals surface area contributed by atoms with Gasteiger partial charge in [-0.25, -0.2) is 4.79 Å². The number of amides is 1. The molecule has 0 aromatic carbocycles. The van der Waals surface area contributed by atoms with Crippen LogP contribution in [0.5, 0.6) is 0 Å². The van der Waals surface area contributed by atoms with Crippen molar-refractivity contribution in [3.8, 4) is 0 Å². The molecular formula is C13H24BrNO4. The summed E-state index contributed by atoms with van der Waals surface area (Å²) in [5.41, 5.74) is -0.485. The van der Waals surface area contributed by atoms with Crippen LogP contribution in [0.2, 0.25) is 0 Å². The molecule has 0 saturated heterocycles. The third-order valence-corrected chi connectivity index (χ3v) is 2.28. The van der Waals surface area contributed by atoms with Crippen molar-refractivity contribution in [2.45, 2.75) is 57.4 Å². The number of alkyl carbamates (subject to hydrolysis) is 1. The van der Waals surface area contributed by atoms with E-state index in [9.17, 15) is 9.59 Å². The van der Waals surface area contributed by atoms with Gasteiger partial charge in [-0.3, -0.25) is 4.79 Å². The number of rotatable bonds is 6. The highest BCUT2D eigenvalue weighted by atomic mass is 79.9. The number of esters is 1. The minimum Gasteiger partial charge on any atom is -0.465 e. The normalized spacial score (nSPS) is 11.9. The van der Waals surface area contributed by atoms with Crippen LogP contribution in [0.25, 0.3) is 0 Å². The number of hydrogen-bond donors (Lipinski definition) is 1. The largest absolute Gasteiger partial charge is 0.465 e. The van der Waals surface area contributed by atoms with Crippen molar-refractivity contribution in [2.75, 3.05) is 13.2 Å². The molecule has 0 aliphatic rings. The van der Waals surface area contributed by atoms with Crippen LogP contribution in [0, 0.1) is 0 Å². The highest BCUT2D eigenvalue weighted by Gasteiger charge is 2.25. The van der Waals surface area contributed by atoms with Gasteiger partial charge in [0.15, 0.2) is 0 Å². The maximum absolute atomic E-state index is 11.4. The van der Waals surface area contributed by atoms with E-state index in [1.807, 2.05) is 20.8 Å². The Morgan fingerprint density at radius 1 is 1.11 bits per heavy atom. The van der Waals surface area contributed by atoms with Crippen molar-refractivity contribution in [3.63, 3.8) is 0 Å². The Morgan fingerprint density at radius 2 is 1.68 bits per heavy atom. The van der Waals surface area contributed by atoms with Crippen molar-refractivity contribution in [3.05, 3.63) is 0 Å². The van der Waals surface area contributed by atoms with Gasteiger partial charge < -0.3 is 14.8 Å². The number of halogens is 1. The molecule has 1 amide bonds. The molecule has 0 atom stereocenters. The molecule has 0 fully saturated rings. The number of unbranched alkanes of at least 4 members (excludes halogenated alkanes) is 1. The molecule has 0 bridgehead atoms. The zero-order chi connectivity index (χ0) is 15.1. The number of alkyl halides is 1. The molecule has 0 aromatic rings. The average Bonchev–Trinajstić information content (AvgIpc) is 2.18. The van der Waals surface area contributed by atoms with Crippen LogP contribution < -0.4 is 5.32 Å². The highest BCUT2D eigenvalue weighted by molar-refractivity contribution is 9.10. The Morgan fingerprint density at radius 3 is 2.16 bits per heavy atom. The van der Waals surface area contributed by atoms with Gasteiger partial charge in [-0.05, 0) is 47.5 Å². The molecule has 0 aliphatic heterocycles. The molecule has 0 saturated carbocycles. The van der Waals surface area contributed by atoms with Crippen LogP contribution in [-0.2, 0) is 14.3 Å². The van der Waals surface area contributed by atoms with Gasteiger partial charge in [-0.15, -0.1) is 0 Å². The monoisotopic (exact) mass is 337 g/mol. The Bertz CT molecular complexity index is 305. The number of carbonyl (C=O) groups is 2.